The molecule has 0 spiro atoms. The summed E-state index contributed by atoms with van der Waals surface area (Å²) in [6.45, 7) is 5.46. The number of hydrogen-bond acceptors (Lipinski definition) is 2. The van der Waals surface area contributed by atoms with Gasteiger partial charge in [-0.15, -0.1) is 0 Å². The van der Waals surface area contributed by atoms with Gasteiger partial charge in [0.15, 0.2) is 0 Å². The van der Waals surface area contributed by atoms with E-state index in [-0.39, 0.29) is 1.43 Å². The minimum atomic E-state index is 0. The first-order chi connectivity index (χ1) is 10.9. The van der Waals surface area contributed by atoms with Crippen LogP contribution in [0.2, 0.25) is 0 Å². The molecule has 0 unspecified atom stereocenters. The van der Waals surface area contributed by atoms with Crippen LogP contribution in [0.25, 0.3) is 0 Å². The SMILES string of the molecule is C=O.CCCCCCCC/C=C\CCCCCCCCNC.[HH]. The highest BCUT2D eigenvalue weighted by Gasteiger charge is 1.90. The third kappa shape index (κ3) is 24.4. The summed E-state index contributed by atoms with van der Waals surface area (Å²) < 4.78 is 0. The van der Waals surface area contributed by atoms with Crippen molar-refractivity contribution in [3.05, 3.63) is 12.2 Å². The van der Waals surface area contributed by atoms with Gasteiger partial charge in [-0.3, -0.25) is 0 Å². The second kappa shape index (κ2) is 25.3. The van der Waals surface area contributed by atoms with E-state index < -0.39 is 0 Å². The Kier molecular flexibility index (Phi) is 27.2. The first kappa shape index (κ1) is 23.6. The van der Waals surface area contributed by atoms with E-state index in [0.29, 0.717) is 0 Å². The van der Waals surface area contributed by atoms with E-state index in [9.17, 15) is 0 Å². The van der Waals surface area contributed by atoms with E-state index >= 15 is 0 Å². The lowest BCUT2D eigenvalue weighted by Gasteiger charge is -2.00. The zero-order valence-electron chi connectivity index (χ0n) is 15.4. The molecule has 0 amide bonds. The van der Waals surface area contributed by atoms with Crippen molar-refractivity contribution in [3.63, 3.8) is 0 Å². The van der Waals surface area contributed by atoms with Crippen LogP contribution in [0.3, 0.4) is 0 Å². The minimum Gasteiger partial charge on any atom is -0.320 e. The van der Waals surface area contributed by atoms with Gasteiger partial charge in [0.2, 0.25) is 0 Å². The topological polar surface area (TPSA) is 29.1 Å². The summed E-state index contributed by atoms with van der Waals surface area (Å²) in [5.74, 6) is 0. The third-order valence-electron chi connectivity index (χ3n) is 3.94. The molecule has 0 saturated carbocycles. The van der Waals surface area contributed by atoms with Gasteiger partial charge in [0.05, 0.1) is 0 Å². The Morgan fingerprint density at radius 2 is 1.14 bits per heavy atom. The Morgan fingerprint density at radius 1 is 0.727 bits per heavy atom. The van der Waals surface area contributed by atoms with Gasteiger partial charge in [-0.05, 0) is 45.7 Å². The molecule has 0 saturated heterocycles. The Morgan fingerprint density at radius 3 is 1.59 bits per heavy atom. The molecule has 0 aliphatic heterocycles. The van der Waals surface area contributed by atoms with Crippen molar-refractivity contribution in [1.29, 1.82) is 0 Å². The molecule has 1 N–H and O–H groups in total. The van der Waals surface area contributed by atoms with Crippen molar-refractivity contribution >= 4 is 6.79 Å². The number of carbonyl (C=O) groups is 1. The first-order valence-corrected chi connectivity index (χ1v) is 9.50. The lowest BCUT2D eigenvalue weighted by Crippen LogP contribution is -2.06. The smallest absolute Gasteiger partial charge is 0.106 e. The van der Waals surface area contributed by atoms with Crippen molar-refractivity contribution in [2.75, 3.05) is 13.6 Å². The Balaban J connectivity index is -0.00000128. The van der Waals surface area contributed by atoms with Crippen molar-refractivity contribution < 1.29 is 6.22 Å². The molecule has 2 nitrogen and oxygen atoms in total. The van der Waals surface area contributed by atoms with E-state index in [4.69, 9.17) is 4.79 Å². The van der Waals surface area contributed by atoms with Gasteiger partial charge in [0.1, 0.15) is 6.79 Å². The molecule has 0 heterocycles. The third-order valence-corrected chi connectivity index (χ3v) is 3.94. The normalized spacial score (nSPS) is 10.6. The fourth-order valence-electron chi connectivity index (χ4n) is 2.55. The van der Waals surface area contributed by atoms with Crippen LogP contribution in [-0.4, -0.2) is 20.4 Å². The Labute approximate surface area is 141 Å². The monoisotopic (exact) mass is 313 g/mol. The number of allylic oxidation sites excluding steroid dienone is 2. The lowest BCUT2D eigenvalue weighted by atomic mass is 10.1. The molecule has 2 heteroatoms. The maximum atomic E-state index is 8.00. The summed E-state index contributed by atoms with van der Waals surface area (Å²) in [5.41, 5.74) is 0. The Bertz CT molecular complexity index is 210. The molecule has 0 bridgehead atoms. The fourth-order valence-corrected chi connectivity index (χ4v) is 2.55. The molecule has 0 atom stereocenters. The molecule has 0 rings (SSSR count). The molecule has 0 aliphatic carbocycles. The highest BCUT2D eigenvalue weighted by molar-refractivity contribution is 5.10. The van der Waals surface area contributed by atoms with Crippen molar-refractivity contribution in [2.45, 2.75) is 96.8 Å². The number of rotatable bonds is 16. The molecule has 22 heavy (non-hydrogen) atoms. The van der Waals surface area contributed by atoms with Gasteiger partial charge in [0, 0.05) is 1.43 Å². The van der Waals surface area contributed by atoms with Crippen LogP contribution in [0.1, 0.15) is 98.2 Å². The summed E-state index contributed by atoms with van der Waals surface area (Å²) in [4.78, 5) is 8.00. The Hall–Kier alpha value is -0.630. The summed E-state index contributed by atoms with van der Waals surface area (Å²) in [6, 6.07) is 0. The molecule has 0 aromatic heterocycles. The van der Waals surface area contributed by atoms with E-state index in [1.165, 1.54) is 96.4 Å². The van der Waals surface area contributed by atoms with E-state index in [1.807, 2.05) is 13.8 Å². The molecular formula is C20H43NO. The van der Waals surface area contributed by atoms with Gasteiger partial charge in [-0.25, -0.2) is 0 Å². The summed E-state index contributed by atoms with van der Waals surface area (Å²) in [6.07, 6.45) is 24.3. The van der Waals surface area contributed by atoms with Crippen molar-refractivity contribution in [1.82, 2.24) is 5.32 Å². The van der Waals surface area contributed by atoms with Crippen molar-refractivity contribution in [3.8, 4) is 0 Å². The molecule has 134 valence electrons. The van der Waals surface area contributed by atoms with Crippen LogP contribution >= 0.6 is 0 Å². The molecule has 0 fully saturated rings. The van der Waals surface area contributed by atoms with Crippen LogP contribution in [0.15, 0.2) is 12.2 Å². The van der Waals surface area contributed by atoms with Gasteiger partial charge >= 0.3 is 0 Å². The second-order valence-electron chi connectivity index (χ2n) is 6.04. The number of nitrogens with one attached hydrogen (secondary N) is 1. The molecule has 0 aromatic carbocycles. The standard InChI is InChI=1S/C19H39N.CH2O.H2/c1-3-4-5-6-7-8-9-10-11-12-13-14-15-16-17-18-19-20-2;1-2;/h10-11,20H,3-9,12-19H2,1-2H3;1H2;1H/b11-10-;;. The fraction of sp³-hybridized carbons (Fsp3) is 0.850. The summed E-state index contributed by atoms with van der Waals surface area (Å²) in [7, 11) is 2.04. The van der Waals surface area contributed by atoms with E-state index in [2.05, 4.69) is 24.4 Å². The second-order valence-corrected chi connectivity index (χ2v) is 6.04. The minimum absolute atomic E-state index is 0. The van der Waals surface area contributed by atoms with Crippen molar-refractivity contribution in [2.24, 2.45) is 0 Å². The lowest BCUT2D eigenvalue weighted by molar-refractivity contribution is -0.0979. The van der Waals surface area contributed by atoms with Crippen LogP contribution in [-0.2, 0) is 4.79 Å². The van der Waals surface area contributed by atoms with Crippen LogP contribution in [0.4, 0.5) is 0 Å². The average Bonchev–Trinajstić information content (AvgIpc) is 2.56. The maximum Gasteiger partial charge on any atom is 0.106 e. The van der Waals surface area contributed by atoms with Crippen LogP contribution in [0, 0.1) is 0 Å². The summed E-state index contributed by atoms with van der Waals surface area (Å²) >= 11 is 0. The highest BCUT2D eigenvalue weighted by Crippen LogP contribution is 2.09. The molecule has 0 radical (unpaired) electrons. The first-order valence-electron chi connectivity index (χ1n) is 9.50. The highest BCUT2D eigenvalue weighted by atomic mass is 16.1. The molecular weight excluding hydrogens is 270 g/mol. The van der Waals surface area contributed by atoms with Gasteiger partial charge in [0.25, 0.3) is 0 Å². The largest absolute Gasteiger partial charge is 0.320 e. The number of unbranched alkanes of at least 4 members (excludes halogenated alkanes) is 12. The maximum absolute atomic E-state index is 8.00. The zero-order valence-corrected chi connectivity index (χ0v) is 15.4. The molecule has 0 aromatic rings. The molecule has 0 aliphatic rings. The van der Waals surface area contributed by atoms with Gasteiger partial charge in [-0.2, -0.15) is 0 Å². The average molecular weight is 314 g/mol. The number of hydrogen-bond donors (Lipinski definition) is 1. The van der Waals surface area contributed by atoms with Gasteiger partial charge < -0.3 is 10.1 Å². The predicted octanol–water partition coefficient (Wildman–Crippen LogP) is 6.30. The van der Waals surface area contributed by atoms with Crippen LogP contribution in [0.5, 0.6) is 0 Å². The van der Waals surface area contributed by atoms with E-state index in [1.54, 1.807) is 0 Å². The van der Waals surface area contributed by atoms with E-state index in [0.717, 1.165) is 0 Å². The number of carbonyl (C=O) groups excluding carboxylic acids is 1. The van der Waals surface area contributed by atoms with Crippen LogP contribution < -0.4 is 5.32 Å². The predicted molar refractivity (Wildman–Crippen MR) is 103 cm³/mol. The quantitative estimate of drug-likeness (QED) is 0.267. The zero-order chi connectivity index (χ0) is 16.7. The summed E-state index contributed by atoms with van der Waals surface area (Å²) in [5, 5.41) is 3.21. The van der Waals surface area contributed by atoms with Gasteiger partial charge in [-0.1, -0.05) is 76.9 Å².